The number of carbonyl (C=O) groups excluding carboxylic acids is 1. The second-order valence-corrected chi connectivity index (χ2v) is 9.18. The average Bonchev–Trinajstić information content (AvgIpc) is 2.63. The van der Waals surface area contributed by atoms with Gasteiger partial charge in [-0.05, 0) is 41.7 Å². The molecule has 152 valence electrons. The quantitative estimate of drug-likeness (QED) is 0.655. The van der Waals surface area contributed by atoms with Crippen LogP contribution in [0.5, 0.6) is 0 Å². The monoisotopic (exact) mass is 406 g/mol. The molecule has 0 bridgehead atoms. The van der Waals surface area contributed by atoms with Crippen molar-refractivity contribution in [3.8, 4) is 0 Å². The fraction of sp³-hybridized carbons (Fsp3) is 0.381. The lowest BCUT2D eigenvalue weighted by Crippen LogP contribution is -2.33. The zero-order valence-corrected chi connectivity index (χ0v) is 17.4. The van der Waals surface area contributed by atoms with Crippen LogP contribution in [0.4, 0.5) is 10.1 Å². The molecule has 0 unspecified atom stereocenters. The molecule has 2 N–H and O–H groups in total. The molecule has 0 spiro atoms. The van der Waals surface area contributed by atoms with Gasteiger partial charge in [0.1, 0.15) is 5.82 Å². The van der Waals surface area contributed by atoms with Crippen molar-refractivity contribution in [2.24, 2.45) is 5.92 Å². The van der Waals surface area contributed by atoms with Gasteiger partial charge in [-0.25, -0.2) is 12.8 Å². The number of halogens is 1. The van der Waals surface area contributed by atoms with Crippen molar-refractivity contribution in [2.45, 2.75) is 38.1 Å². The van der Waals surface area contributed by atoms with Gasteiger partial charge in [0.25, 0.3) is 0 Å². The third-order valence-corrected chi connectivity index (χ3v) is 5.65. The number of rotatable bonds is 8. The van der Waals surface area contributed by atoms with Gasteiger partial charge < -0.3 is 10.6 Å². The Labute approximate surface area is 166 Å². The summed E-state index contributed by atoms with van der Waals surface area (Å²) in [4.78, 5) is 12.2. The van der Waals surface area contributed by atoms with E-state index in [0.29, 0.717) is 0 Å². The second-order valence-electron chi connectivity index (χ2n) is 7.16. The van der Waals surface area contributed by atoms with Crippen LogP contribution in [0.25, 0.3) is 0 Å². The molecule has 0 saturated carbocycles. The molecule has 0 fully saturated rings. The summed E-state index contributed by atoms with van der Waals surface area (Å²) < 4.78 is 37.2. The van der Waals surface area contributed by atoms with Crippen molar-refractivity contribution in [1.29, 1.82) is 0 Å². The maximum absolute atomic E-state index is 14.0. The first-order valence-electron chi connectivity index (χ1n) is 9.23. The zero-order chi connectivity index (χ0) is 20.9. The van der Waals surface area contributed by atoms with Crippen molar-refractivity contribution in [2.75, 3.05) is 18.1 Å². The Balaban J connectivity index is 2.07. The van der Waals surface area contributed by atoms with Crippen LogP contribution >= 0.6 is 0 Å². The Morgan fingerprint density at radius 1 is 1.11 bits per heavy atom. The molecule has 0 aliphatic heterocycles. The van der Waals surface area contributed by atoms with E-state index in [4.69, 9.17) is 0 Å². The van der Waals surface area contributed by atoms with Crippen LogP contribution in [-0.4, -0.2) is 27.1 Å². The normalized spacial score (nSPS) is 12.8. The van der Waals surface area contributed by atoms with E-state index in [1.54, 1.807) is 0 Å². The highest BCUT2D eigenvalue weighted by molar-refractivity contribution is 7.90. The standard InChI is InChI=1S/C21H27FN2O3S/c1-5-15-6-8-16(9-7-15)21(14(2)3)23-13-20(25)24-19-12-17(28(4,26)27)10-11-18(19)22/h6-12,14,21,23H,5,13H2,1-4H3,(H,24,25)/t21-/m1/s1. The maximum atomic E-state index is 14.0. The van der Waals surface area contributed by atoms with Gasteiger partial charge >= 0.3 is 0 Å². The van der Waals surface area contributed by atoms with Gasteiger partial charge in [-0.3, -0.25) is 4.79 Å². The first-order chi connectivity index (χ1) is 13.1. The summed E-state index contributed by atoms with van der Waals surface area (Å²) in [5.41, 5.74) is 2.17. The summed E-state index contributed by atoms with van der Waals surface area (Å²) in [6.07, 6.45) is 1.99. The van der Waals surface area contributed by atoms with Gasteiger partial charge in [0.2, 0.25) is 5.91 Å². The van der Waals surface area contributed by atoms with Crippen LogP contribution in [0.2, 0.25) is 0 Å². The molecular weight excluding hydrogens is 379 g/mol. The van der Waals surface area contributed by atoms with Gasteiger partial charge in [-0.1, -0.05) is 45.0 Å². The Hall–Kier alpha value is -2.25. The Morgan fingerprint density at radius 3 is 2.29 bits per heavy atom. The van der Waals surface area contributed by atoms with Gasteiger partial charge in [0, 0.05) is 12.3 Å². The summed E-state index contributed by atoms with van der Waals surface area (Å²) in [5, 5.41) is 5.65. The number of sulfone groups is 1. The number of benzene rings is 2. The average molecular weight is 407 g/mol. The van der Waals surface area contributed by atoms with Crippen molar-refractivity contribution >= 4 is 21.4 Å². The van der Waals surface area contributed by atoms with Crippen LogP contribution in [-0.2, 0) is 21.1 Å². The molecule has 0 aromatic heterocycles. The summed E-state index contributed by atoms with van der Waals surface area (Å²) in [6.45, 7) is 6.17. The van der Waals surface area contributed by atoms with Crippen LogP contribution in [0.1, 0.15) is 37.9 Å². The van der Waals surface area contributed by atoms with E-state index in [1.807, 2.05) is 12.1 Å². The Bertz CT molecular complexity index is 925. The summed E-state index contributed by atoms with van der Waals surface area (Å²) >= 11 is 0. The molecule has 0 aliphatic rings. The number of anilines is 1. The van der Waals surface area contributed by atoms with Crippen LogP contribution in [0, 0.1) is 11.7 Å². The van der Waals surface area contributed by atoms with Crippen molar-refractivity contribution < 1.29 is 17.6 Å². The Kier molecular flexibility index (Phi) is 7.32. The van der Waals surface area contributed by atoms with Gasteiger partial charge in [-0.2, -0.15) is 0 Å². The summed E-state index contributed by atoms with van der Waals surface area (Å²) in [7, 11) is -3.49. The van der Waals surface area contributed by atoms with E-state index in [-0.39, 0.29) is 29.1 Å². The van der Waals surface area contributed by atoms with E-state index in [0.717, 1.165) is 30.4 Å². The van der Waals surface area contributed by atoms with Crippen LogP contribution < -0.4 is 10.6 Å². The lowest BCUT2D eigenvalue weighted by atomic mass is 9.95. The number of nitrogens with one attached hydrogen (secondary N) is 2. The molecule has 2 aromatic carbocycles. The molecular formula is C21H27FN2O3S. The minimum absolute atomic E-state index is 0.0269. The van der Waals surface area contributed by atoms with Gasteiger partial charge in [0.15, 0.2) is 9.84 Å². The topological polar surface area (TPSA) is 75.3 Å². The van der Waals surface area contributed by atoms with E-state index >= 15 is 0 Å². The number of carbonyl (C=O) groups is 1. The van der Waals surface area contributed by atoms with Crippen molar-refractivity contribution in [3.63, 3.8) is 0 Å². The third kappa shape index (κ3) is 5.87. The molecule has 1 atom stereocenters. The zero-order valence-electron chi connectivity index (χ0n) is 16.6. The highest BCUT2D eigenvalue weighted by atomic mass is 32.2. The number of amides is 1. The molecule has 28 heavy (non-hydrogen) atoms. The molecule has 2 aromatic rings. The minimum atomic E-state index is -3.49. The molecule has 0 radical (unpaired) electrons. The molecule has 2 rings (SSSR count). The fourth-order valence-electron chi connectivity index (χ4n) is 2.93. The van der Waals surface area contributed by atoms with Crippen LogP contribution in [0.3, 0.4) is 0 Å². The molecule has 5 nitrogen and oxygen atoms in total. The van der Waals surface area contributed by atoms with Crippen LogP contribution in [0.15, 0.2) is 47.4 Å². The van der Waals surface area contributed by atoms with E-state index in [1.165, 1.54) is 11.6 Å². The first kappa shape index (κ1) is 22.0. The minimum Gasteiger partial charge on any atom is -0.322 e. The fourth-order valence-corrected chi connectivity index (χ4v) is 3.57. The van der Waals surface area contributed by atoms with Gasteiger partial charge in [0.05, 0.1) is 17.1 Å². The molecule has 7 heteroatoms. The predicted octanol–water partition coefficient (Wildman–Crippen LogP) is 3.72. The predicted molar refractivity (Wildman–Crippen MR) is 110 cm³/mol. The first-order valence-corrected chi connectivity index (χ1v) is 11.1. The lowest BCUT2D eigenvalue weighted by Gasteiger charge is -2.23. The smallest absolute Gasteiger partial charge is 0.238 e. The number of hydrogen-bond acceptors (Lipinski definition) is 4. The van der Waals surface area contributed by atoms with E-state index in [2.05, 4.69) is 43.5 Å². The van der Waals surface area contributed by atoms with Gasteiger partial charge in [-0.15, -0.1) is 0 Å². The maximum Gasteiger partial charge on any atom is 0.238 e. The van der Waals surface area contributed by atoms with E-state index < -0.39 is 21.6 Å². The lowest BCUT2D eigenvalue weighted by molar-refractivity contribution is -0.115. The number of aryl methyl sites for hydroxylation is 1. The molecule has 0 saturated heterocycles. The third-order valence-electron chi connectivity index (χ3n) is 4.54. The Morgan fingerprint density at radius 2 is 1.75 bits per heavy atom. The van der Waals surface area contributed by atoms with Crippen molar-refractivity contribution in [1.82, 2.24) is 5.32 Å². The molecule has 0 heterocycles. The molecule has 0 aliphatic carbocycles. The molecule has 1 amide bonds. The second kappa shape index (κ2) is 9.30. The largest absolute Gasteiger partial charge is 0.322 e. The van der Waals surface area contributed by atoms with E-state index in [9.17, 15) is 17.6 Å². The highest BCUT2D eigenvalue weighted by Gasteiger charge is 2.18. The SMILES string of the molecule is CCc1ccc([C@H](NCC(=O)Nc2cc(S(C)(=O)=O)ccc2F)C(C)C)cc1. The summed E-state index contributed by atoms with van der Waals surface area (Å²) in [5.74, 6) is -0.887. The van der Waals surface area contributed by atoms with Crippen molar-refractivity contribution in [3.05, 3.63) is 59.4 Å². The number of hydrogen-bond donors (Lipinski definition) is 2. The highest BCUT2D eigenvalue weighted by Crippen LogP contribution is 2.23. The summed E-state index contributed by atoms with van der Waals surface area (Å²) in [6, 6.07) is 11.5.